The molecule has 1 N–H and O–H groups in total. The zero-order valence-corrected chi connectivity index (χ0v) is 16.5. The predicted molar refractivity (Wildman–Crippen MR) is 114 cm³/mol. The number of thioether (sulfide) groups is 1. The molecule has 2 nitrogen and oxygen atoms in total. The maximum atomic E-state index is 10.8. The van der Waals surface area contributed by atoms with E-state index in [1.807, 2.05) is 49.4 Å². The van der Waals surface area contributed by atoms with Crippen LogP contribution in [0.3, 0.4) is 0 Å². The van der Waals surface area contributed by atoms with Crippen LogP contribution in [0, 0.1) is 0 Å². The number of rotatable bonds is 10. The van der Waals surface area contributed by atoms with E-state index in [4.69, 9.17) is 0 Å². The zero-order chi connectivity index (χ0) is 18.8. The summed E-state index contributed by atoms with van der Waals surface area (Å²) in [5, 5.41) is 10.8. The molecule has 0 aliphatic carbocycles. The summed E-state index contributed by atoms with van der Waals surface area (Å²) < 4.78 is 0. The minimum atomic E-state index is -0.526. The van der Waals surface area contributed by atoms with Gasteiger partial charge in [-0.05, 0) is 31.5 Å². The van der Waals surface area contributed by atoms with Gasteiger partial charge in [-0.3, -0.25) is 4.90 Å². The fourth-order valence-corrected chi connectivity index (χ4v) is 4.17. The van der Waals surface area contributed by atoms with Crippen LogP contribution in [-0.4, -0.2) is 34.4 Å². The van der Waals surface area contributed by atoms with Crippen LogP contribution < -0.4 is 0 Å². The summed E-state index contributed by atoms with van der Waals surface area (Å²) in [6.07, 6.45) is 5.19. The van der Waals surface area contributed by atoms with E-state index < -0.39 is 6.10 Å². The van der Waals surface area contributed by atoms with E-state index in [1.54, 1.807) is 11.8 Å². The third-order valence-corrected chi connectivity index (χ3v) is 5.61. The number of hydrogen-bond donors (Lipinski definition) is 1. The van der Waals surface area contributed by atoms with Crippen molar-refractivity contribution in [2.24, 2.45) is 0 Å². The Morgan fingerprint density at radius 3 is 2.27 bits per heavy atom. The molecule has 0 radical (unpaired) electrons. The number of aliphatic hydroxyl groups excluding tert-OH is 1. The van der Waals surface area contributed by atoms with Crippen LogP contribution >= 0.6 is 11.8 Å². The average molecular weight is 368 g/mol. The first-order chi connectivity index (χ1) is 12.7. The first-order valence-corrected chi connectivity index (χ1v) is 10.1. The molecule has 0 amide bonds. The Hall–Kier alpha value is -1.81. The van der Waals surface area contributed by atoms with Crippen LogP contribution in [0.4, 0.5) is 0 Å². The zero-order valence-electron chi connectivity index (χ0n) is 15.7. The summed E-state index contributed by atoms with van der Waals surface area (Å²) in [7, 11) is 0. The molecule has 0 aliphatic rings. The highest BCUT2D eigenvalue weighted by Crippen LogP contribution is 2.28. The van der Waals surface area contributed by atoms with Crippen molar-refractivity contribution in [3.63, 3.8) is 0 Å². The summed E-state index contributed by atoms with van der Waals surface area (Å²) in [5.74, 6) is 0.806. The Balaban J connectivity index is 2.24. The molecule has 0 aliphatic heterocycles. The van der Waals surface area contributed by atoms with E-state index in [0.717, 1.165) is 12.3 Å². The lowest BCUT2D eigenvalue weighted by molar-refractivity contribution is 0.0739. The Labute approximate surface area is 162 Å². The third-order valence-electron chi connectivity index (χ3n) is 4.49. The van der Waals surface area contributed by atoms with E-state index >= 15 is 0 Å². The molecule has 0 saturated heterocycles. The van der Waals surface area contributed by atoms with Crippen molar-refractivity contribution in [3.05, 3.63) is 91.0 Å². The highest BCUT2D eigenvalue weighted by molar-refractivity contribution is 7.99. The van der Waals surface area contributed by atoms with E-state index in [1.165, 1.54) is 10.5 Å². The molecule has 0 spiro atoms. The van der Waals surface area contributed by atoms with Crippen LogP contribution in [0.25, 0.3) is 0 Å². The maximum absolute atomic E-state index is 10.8. The van der Waals surface area contributed by atoms with Gasteiger partial charge < -0.3 is 5.11 Å². The maximum Gasteiger partial charge on any atom is 0.0884 e. The number of allylic oxidation sites excluding steroid dienone is 1. The van der Waals surface area contributed by atoms with Crippen molar-refractivity contribution in [1.29, 1.82) is 0 Å². The van der Waals surface area contributed by atoms with Gasteiger partial charge in [0.25, 0.3) is 0 Å². The Bertz CT molecular complexity index is 671. The standard InChI is InChI=1S/C23H29NOS/c1-4-12-23(25)22(18-26-21-15-10-7-11-16-21)24(17-5-2)19(3)20-13-8-6-9-14-20/h4-16,19,22-23,25H,2,17-18H2,1,3H3/b12-4+/t19-,22-,23+/m1/s1. The fraction of sp³-hybridized carbons (Fsp3) is 0.304. The molecular formula is C23H29NOS. The normalized spacial score (nSPS) is 15.1. The molecule has 0 saturated carbocycles. The average Bonchev–Trinajstić information content (AvgIpc) is 2.68. The molecule has 0 unspecified atom stereocenters. The van der Waals surface area contributed by atoms with Crippen molar-refractivity contribution in [2.75, 3.05) is 12.3 Å². The van der Waals surface area contributed by atoms with Gasteiger partial charge in [0.05, 0.1) is 6.10 Å². The van der Waals surface area contributed by atoms with E-state index in [9.17, 15) is 5.11 Å². The van der Waals surface area contributed by atoms with Gasteiger partial charge in [0, 0.05) is 29.3 Å². The third kappa shape index (κ3) is 5.87. The monoisotopic (exact) mass is 367 g/mol. The second kappa shape index (κ2) is 11.0. The Morgan fingerprint density at radius 1 is 1.08 bits per heavy atom. The van der Waals surface area contributed by atoms with Crippen molar-refractivity contribution < 1.29 is 5.11 Å². The number of benzene rings is 2. The minimum absolute atomic E-state index is 0.00962. The van der Waals surface area contributed by atoms with Crippen molar-refractivity contribution in [3.8, 4) is 0 Å². The summed E-state index contributed by atoms with van der Waals surface area (Å²) in [5.41, 5.74) is 1.25. The first-order valence-electron chi connectivity index (χ1n) is 9.07. The van der Waals surface area contributed by atoms with Gasteiger partial charge in [0.15, 0.2) is 0 Å². The van der Waals surface area contributed by atoms with Gasteiger partial charge in [0.2, 0.25) is 0 Å². The SMILES string of the molecule is C=CCN([C@H](C)c1ccccc1)[C@H](CSc1ccccc1)[C@@H](O)/C=C/C. The van der Waals surface area contributed by atoms with Crippen LogP contribution in [-0.2, 0) is 0 Å². The second-order valence-electron chi connectivity index (χ2n) is 6.28. The van der Waals surface area contributed by atoms with Crippen LogP contribution in [0.2, 0.25) is 0 Å². The molecule has 0 bridgehead atoms. The van der Waals surface area contributed by atoms with Gasteiger partial charge in [-0.15, -0.1) is 18.3 Å². The van der Waals surface area contributed by atoms with Crippen molar-refractivity contribution in [1.82, 2.24) is 4.90 Å². The van der Waals surface area contributed by atoms with Crippen molar-refractivity contribution in [2.45, 2.75) is 36.9 Å². The van der Waals surface area contributed by atoms with E-state index in [-0.39, 0.29) is 12.1 Å². The molecule has 3 heteroatoms. The van der Waals surface area contributed by atoms with Gasteiger partial charge in [-0.25, -0.2) is 0 Å². The number of aliphatic hydroxyl groups is 1. The number of hydrogen-bond acceptors (Lipinski definition) is 3. The second-order valence-corrected chi connectivity index (χ2v) is 7.37. The minimum Gasteiger partial charge on any atom is -0.387 e. The predicted octanol–water partition coefficient (Wildman–Crippen LogP) is 5.33. The molecular weight excluding hydrogens is 338 g/mol. The van der Waals surface area contributed by atoms with Crippen LogP contribution in [0.1, 0.15) is 25.5 Å². The number of nitrogens with zero attached hydrogens (tertiary/aromatic N) is 1. The lowest BCUT2D eigenvalue weighted by atomic mass is 10.0. The molecule has 2 rings (SSSR count). The lowest BCUT2D eigenvalue weighted by Gasteiger charge is -2.38. The van der Waals surface area contributed by atoms with E-state index in [2.05, 4.69) is 54.8 Å². The van der Waals surface area contributed by atoms with Crippen LogP contribution in [0.15, 0.2) is 90.4 Å². The quantitative estimate of drug-likeness (QED) is 0.453. The molecule has 26 heavy (non-hydrogen) atoms. The highest BCUT2D eigenvalue weighted by Gasteiger charge is 2.28. The molecule has 0 fully saturated rings. The Kier molecular flexibility index (Phi) is 8.69. The van der Waals surface area contributed by atoms with Crippen LogP contribution in [0.5, 0.6) is 0 Å². The van der Waals surface area contributed by atoms with Gasteiger partial charge in [0.1, 0.15) is 0 Å². The van der Waals surface area contributed by atoms with Gasteiger partial charge >= 0.3 is 0 Å². The topological polar surface area (TPSA) is 23.5 Å². The smallest absolute Gasteiger partial charge is 0.0884 e. The molecule has 3 atom stereocenters. The Morgan fingerprint density at radius 2 is 1.69 bits per heavy atom. The van der Waals surface area contributed by atoms with Gasteiger partial charge in [-0.2, -0.15) is 0 Å². The van der Waals surface area contributed by atoms with E-state index in [0.29, 0.717) is 0 Å². The molecule has 0 aromatic heterocycles. The van der Waals surface area contributed by atoms with Crippen molar-refractivity contribution >= 4 is 11.8 Å². The fourth-order valence-electron chi connectivity index (χ4n) is 3.07. The summed E-state index contributed by atoms with van der Waals surface area (Å²) >= 11 is 1.78. The first kappa shape index (κ1) is 20.5. The molecule has 2 aromatic carbocycles. The lowest BCUT2D eigenvalue weighted by Crippen LogP contribution is -2.46. The molecule has 138 valence electrons. The summed E-state index contributed by atoms with van der Waals surface area (Å²) in [4.78, 5) is 3.55. The summed E-state index contributed by atoms with van der Waals surface area (Å²) in [6.45, 7) is 8.80. The highest BCUT2D eigenvalue weighted by atomic mass is 32.2. The summed E-state index contributed by atoms with van der Waals surface area (Å²) in [6, 6.07) is 21.0. The molecule has 2 aromatic rings. The van der Waals surface area contributed by atoms with Gasteiger partial charge in [-0.1, -0.05) is 66.8 Å². The largest absolute Gasteiger partial charge is 0.387 e. The molecule has 0 heterocycles.